The van der Waals surface area contributed by atoms with Gasteiger partial charge >= 0.3 is 0 Å². The number of fused-ring (bicyclic) bond motifs is 2. The lowest BCUT2D eigenvalue weighted by Gasteiger charge is -2.37. The molecule has 1 unspecified atom stereocenters. The van der Waals surface area contributed by atoms with E-state index in [1.807, 2.05) is 80.3 Å². The van der Waals surface area contributed by atoms with Crippen LogP contribution in [-0.4, -0.2) is 76.1 Å². The Morgan fingerprint density at radius 1 is 0.870 bits per heavy atom. The molecule has 1 spiro atoms. The number of aliphatic hydroxyl groups is 1. The van der Waals surface area contributed by atoms with Gasteiger partial charge in [0, 0.05) is 42.4 Å². The molecule has 2 aromatic rings. The lowest BCUT2D eigenvalue weighted by molar-refractivity contribution is -0.139. The first-order valence-corrected chi connectivity index (χ1v) is 17.4. The number of hydrogen-bond acceptors (Lipinski definition) is 6. The molecule has 0 saturated carbocycles. The Balaban J connectivity index is 1.41. The Morgan fingerprint density at radius 2 is 1.59 bits per heavy atom. The van der Waals surface area contributed by atoms with E-state index in [1.54, 1.807) is 21.6 Å². The molecule has 2 fully saturated rings. The Kier molecular flexibility index (Phi) is 9.09. The van der Waals surface area contributed by atoms with E-state index in [2.05, 4.69) is 19.1 Å². The van der Waals surface area contributed by atoms with E-state index in [9.17, 15) is 19.5 Å². The fourth-order valence-electron chi connectivity index (χ4n) is 7.86. The third-order valence-corrected chi connectivity index (χ3v) is 11.8. The SMILES string of the molecule is CCOc1ccc(N2CC=C[C@]3(C)S[C@]45C=CCN(c6cc(C)ccc6C)C(=O)C4N(CCCCCCO)C(=O)[C@@H]5[C@@H]3C2=O)cc1. The van der Waals surface area contributed by atoms with Crippen LogP contribution in [0.4, 0.5) is 11.4 Å². The zero-order valence-corrected chi connectivity index (χ0v) is 28.1. The molecule has 6 rings (SSSR count). The maximum Gasteiger partial charge on any atom is 0.251 e. The second-order valence-corrected chi connectivity index (χ2v) is 14.9. The van der Waals surface area contributed by atoms with Gasteiger partial charge in [-0.1, -0.05) is 49.3 Å². The van der Waals surface area contributed by atoms with E-state index < -0.39 is 27.4 Å². The quantitative estimate of drug-likeness (QED) is 0.274. The molecule has 4 heterocycles. The van der Waals surface area contributed by atoms with Gasteiger partial charge in [0.25, 0.3) is 5.91 Å². The molecule has 0 bridgehead atoms. The molecule has 2 saturated heterocycles. The molecule has 8 nitrogen and oxygen atoms in total. The van der Waals surface area contributed by atoms with E-state index in [0.29, 0.717) is 32.7 Å². The second-order valence-electron chi connectivity index (χ2n) is 13.1. The summed E-state index contributed by atoms with van der Waals surface area (Å²) in [6.07, 6.45) is 11.4. The van der Waals surface area contributed by atoms with Crippen LogP contribution in [-0.2, 0) is 14.4 Å². The number of hydrogen-bond donors (Lipinski definition) is 1. The highest BCUT2D eigenvalue weighted by Gasteiger charge is 2.74. The first kappa shape index (κ1) is 32.4. The van der Waals surface area contributed by atoms with Crippen molar-refractivity contribution in [3.8, 4) is 5.75 Å². The maximum atomic E-state index is 14.9. The van der Waals surface area contributed by atoms with E-state index in [-0.39, 0.29) is 24.3 Å². The number of aryl methyl sites for hydroxylation is 2. The standard InChI is InChI=1S/C37H45N3O5S/c1-5-45-28-16-14-27(15-17-28)38-21-10-18-36(4)30(33(38)42)31-34(43)40(20-8-6-7-9-23-41)32-35(44)39(22-11-19-37(31,32)46-36)29-24-25(2)12-13-26(29)3/h10-19,24,30-32,41H,5-9,20-23H2,1-4H3/t30-,31+,32?,36+,37+/m1/s1. The summed E-state index contributed by atoms with van der Waals surface area (Å²) in [5.74, 6) is -0.921. The van der Waals surface area contributed by atoms with Crippen LogP contribution in [0.5, 0.6) is 5.75 Å². The van der Waals surface area contributed by atoms with Gasteiger partial charge in [0.2, 0.25) is 11.8 Å². The summed E-state index contributed by atoms with van der Waals surface area (Å²) in [5.41, 5.74) is 3.67. The van der Waals surface area contributed by atoms with Crippen LogP contribution >= 0.6 is 11.8 Å². The number of aliphatic hydroxyl groups excluding tert-OH is 1. The summed E-state index contributed by atoms with van der Waals surface area (Å²) >= 11 is 1.61. The number of carbonyl (C=O) groups is 3. The lowest BCUT2D eigenvalue weighted by Crippen LogP contribution is -2.53. The zero-order valence-electron chi connectivity index (χ0n) is 27.3. The van der Waals surface area contributed by atoms with Gasteiger partial charge in [-0.3, -0.25) is 14.4 Å². The largest absolute Gasteiger partial charge is 0.494 e. The number of rotatable bonds is 10. The normalized spacial score (nSPS) is 28.7. The summed E-state index contributed by atoms with van der Waals surface area (Å²) in [5, 5.41) is 9.28. The van der Waals surface area contributed by atoms with Crippen molar-refractivity contribution in [3.05, 3.63) is 77.9 Å². The Labute approximate surface area is 276 Å². The molecular weight excluding hydrogens is 598 g/mol. The fourth-order valence-corrected chi connectivity index (χ4v) is 10.0. The summed E-state index contributed by atoms with van der Waals surface area (Å²) in [6.45, 7) is 9.95. The van der Waals surface area contributed by atoms with Crippen molar-refractivity contribution in [3.63, 3.8) is 0 Å². The number of likely N-dealkylation sites (tertiary alicyclic amines) is 1. The van der Waals surface area contributed by atoms with Crippen LogP contribution in [0, 0.1) is 25.7 Å². The third kappa shape index (κ3) is 5.45. The van der Waals surface area contributed by atoms with Gasteiger partial charge in [-0.05, 0) is 82.0 Å². The van der Waals surface area contributed by atoms with Crippen LogP contribution in [0.3, 0.4) is 0 Å². The predicted octanol–water partition coefficient (Wildman–Crippen LogP) is 5.45. The molecule has 3 amide bonds. The van der Waals surface area contributed by atoms with E-state index in [4.69, 9.17) is 4.74 Å². The molecule has 4 aliphatic rings. The number of benzene rings is 2. The summed E-state index contributed by atoms with van der Waals surface area (Å²) in [4.78, 5) is 49.7. The number of unbranched alkanes of at least 4 members (excludes halogenated alkanes) is 3. The number of thioether (sulfide) groups is 1. The van der Waals surface area contributed by atoms with Gasteiger partial charge < -0.3 is 24.5 Å². The van der Waals surface area contributed by atoms with Gasteiger partial charge in [-0.2, -0.15) is 0 Å². The zero-order chi connectivity index (χ0) is 32.6. The van der Waals surface area contributed by atoms with Crippen molar-refractivity contribution in [1.82, 2.24) is 4.90 Å². The van der Waals surface area contributed by atoms with Crippen LogP contribution in [0.25, 0.3) is 0 Å². The maximum absolute atomic E-state index is 14.9. The molecule has 1 N–H and O–H groups in total. The Bertz CT molecular complexity index is 1560. The average molecular weight is 644 g/mol. The lowest BCUT2D eigenvalue weighted by atomic mass is 9.74. The predicted molar refractivity (Wildman–Crippen MR) is 183 cm³/mol. The summed E-state index contributed by atoms with van der Waals surface area (Å²) in [6, 6.07) is 12.9. The average Bonchev–Trinajstić information content (AvgIpc) is 3.29. The minimum Gasteiger partial charge on any atom is -0.494 e. The monoisotopic (exact) mass is 643 g/mol. The van der Waals surface area contributed by atoms with Crippen LogP contribution in [0.15, 0.2) is 66.8 Å². The van der Waals surface area contributed by atoms with E-state index in [1.165, 1.54) is 0 Å². The van der Waals surface area contributed by atoms with E-state index in [0.717, 1.165) is 47.5 Å². The number of ether oxygens (including phenoxy) is 1. The summed E-state index contributed by atoms with van der Waals surface area (Å²) < 4.78 is 4.05. The highest BCUT2D eigenvalue weighted by molar-refractivity contribution is 8.02. The van der Waals surface area contributed by atoms with E-state index >= 15 is 0 Å². The van der Waals surface area contributed by atoms with Crippen molar-refractivity contribution >= 4 is 40.9 Å². The Morgan fingerprint density at radius 3 is 2.33 bits per heavy atom. The third-order valence-electron chi connectivity index (χ3n) is 9.98. The molecule has 244 valence electrons. The summed E-state index contributed by atoms with van der Waals surface area (Å²) in [7, 11) is 0. The minimum absolute atomic E-state index is 0.0978. The van der Waals surface area contributed by atoms with Crippen LogP contribution in [0.1, 0.15) is 50.7 Å². The molecule has 4 aliphatic heterocycles. The molecule has 9 heteroatoms. The smallest absolute Gasteiger partial charge is 0.251 e. The highest BCUT2D eigenvalue weighted by Crippen LogP contribution is 2.65. The number of anilines is 2. The van der Waals surface area contributed by atoms with Crippen molar-refractivity contribution in [2.75, 3.05) is 42.6 Å². The van der Waals surface area contributed by atoms with Gasteiger partial charge in [0.1, 0.15) is 11.8 Å². The first-order chi connectivity index (χ1) is 22.1. The molecule has 0 radical (unpaired) electrons. The van der Waals surface area contributed by atoms with Gasteiger partial charge in [-0.25, -0.2) is 0 Å². The molecular formula is C37H45N3O5S. The minimum atomic E-state index is -0.896. The van der Waals surface area contributed by atoms with Gasteiger partial charge in [0.15, 0.2) is 0 Å². The van der Waals surface area contributed by atoms with Crippen LogP contribution < -0.4 is 14.5 Å². The fraction of sp³-hybridized carbons (Fsp3) is 0.486. The van der Waals surface area contributed by atoms with Crippen molar-refractivity contribution in [1.29, 1.82) is 0 Å². The highest BCUT2D eigenvalue weighted by atomic mass is 32.2. The van der Waals surface area contributed by atoms with Gasteiger partial charge in [-0.15, -0.1) is 11.8 Å². The van der Waals surface area contributed by atoms with Crippen molar-refractivity contribution < 1.29 is 24.2 Å². The first-order valence-electron chi connectivity index (χ1n) is 16.5. The number of nitrogens with zero attached hydrogens (tertiary/aromatic N) is 3. The molecule has 0 aliphatic carbocycles. The van der Waals surface area contributed by atoms with Crippen molar-refractivity contribution in [2.24, 2.45) is 11.8 Å². The molecule has 5 atom stereocenters. The molecule has 46 heavy (non-hydrogen) atoms. The Hall–Kier alpha value is -3.56. The second kappa shape index (κ2) is 12.9. The van der Waals surface area contributed by atoms with Crippen molar-refractivity contribution in [2.45, 2.75) is 68.9 Å². The number of amides is 3. The molecule has 0 aromatic heterocycles. The van der Waals surface area contributed by atoms with Gasteiger partial charge in [0.05, 0.1) is 23.2 Å². The molecule has 2 aromatic carbocycles. The van der Waals surface area contributed by atoms with Crippen LogP contribution in [0.2, 0.25) is 0 Å². The number of carbonyl (C=O) groups excluding carboxylic acids is 3. The topological polar surface area (TPSA) is 90.4 Å².